The van der Waals surface area contributed by atoms with E-state index in [-0.39, 0.29) is 18.2 Å². The Hall–Kier alpha value is -1.56. The second-order valence-corrected chi connectivity index (χ2v) is 6.72. The van der Waals surface area contributed by atoms with Gasteiger partial charge in [-0.1, -0.05) is 6.92 Å². The van der Waals surface area contributed by atoms with Crippen LogP contribution in [-0.4, -0.2) is 34.1 Å². The summed E-state index contributed by atoms with van der Waals surface area (Å²) >= 11 is 0. The van der Waals surface area contributed by atoms with Crippen molar-refractivity contribution in [2.75, 3.05) is 6.54 Å². The molecule has 0 spiro atoms. The first kappa shape index (κ1) is 18.5. The Labute approximate surface area is 133 Å². The molecule has 0 aliphatic carbocycles. The summed E-state index contributed by atoms with van der Waals surface area (Å²) in [5.74, 6) is 0. The normalized spacial score (nSPS) is 14.5. The molecule has 1 amide bonds. The lowest BCUT2D eigenvalue weighted by atomic mass is 10.1. The first-order valence-corrected chi connectivity index (χ1v) is 7.85. The number of carbonyl (C=O) groups is 1. The van der Waals surface area contributed by atoms with E-state index in [0.29, 0.717) is 6.54 Å². The summed E-state index contributed by atoms with van der Waals surface area (Å²) in [5, 5.41) is 10.7. The van der Waals surface area contributed by atoms with E-state index in [2.05, 4.69) is 22.7 Å². The SMILES string of the molecule is CCC(CNC(C)c1cn(C)nc1C)NC(=O)OC(C)(C)C. The van der Waals surface area contributed by atoms with Gasteiger partial charge in [-0.05, 0) is 41.0 Å². The van der Waals surface area contributed by atoms with Gasteiger partial charge in [0.25, 0.3) is 0 Å². The van der Waals surface area contributed by atoms with Crippen molar-refractivity contribution in [3.05, 3.63) is 17.5 Å². The molecule has 1 aromatic rings. The Kier molecular flexibility index (Phi) is 6.41. The third-order valence-electron chi connectivity index (χ3n) is 3.40. The summed E-state index contributed by atoms with van der Waals surface area (Å²) in [5.41, 5.74) is 1.72. The van der Waals surface area contributed by atoms with Crippen LogP contribution in [0.25, 0.3) is 0 Å². The number of hydrogen-bond acceptors (Lipinski definition) is 4. The van der Waals surface area contributed by atoms with Crippen molar-refractivity contribution in [2.45, 2.75) is 65.6 Å². The van der Waals surface area contributed by atoms with Crippen LogP contribution in [0.1, 0.15) is 58.3 Å². The monoisotopic (exact) mass is 310 g/mol. The van der Waals surface area contributed by atoms with Crippen LogP contribution in [0.4, 0.5) is 4.79 Å². The largest absolute Gasteiger partial charge is 0.444 e. The summed E-state index contributed by atoms with van der Waals surface area (Å²) in [7, 11) is 1.92. The van der Waals surface area contributed by atoms with Gasteiger partial charge >= 0.3 is 6.09 Å². The van der Waals surface area contributed by atoms with Crippen molar-refractivity contribution < 1.29 is 9.53 Å². The summed E-state index contributed by atoms with van der Waals surface area (Å²) in [6.45, 7) is 12.4. The molecule has 0 aliphatic rings. The maximum Gasteiger partial charge on any atom is 0.407 e. The Morgan fingerprint density at radius 2 is 2.09 bits per heavy atom. The third-order valence-corrected chi connectivity index (χ3v) is 3.40. The Balaban J connectivity index is 2.50. The molecule has 0 saturated carbocycles. The van der Waals surface area contributed by atoms with E-state index < -0.39 is 5.60 Å². The number of alkyl carbamates (subject to hydrolysis) is 1. The maximum absolute atomic E-state index is 11.8. The number of aryl methyl sites for hydroxylation is 2. The molecule has 126 valence electrons. The first-order chi connectivity index (χ1) is 10.1. The number of hydrogen-bond donors (Lipinski definition) is 2. The predicted molar refractivity (Wildman–Crippen MR) is 87.8 cm³/mol. The first-order valence-electron chi connectivity index (χ1n) is 7.85. The van der Waals surface area contributed by atoms with Gasteiger partial charge in [-0.2, -0.15) is 5.10 Å². The van der Waals surface area contributed by atoms with Crippen molar-refractivity contribution in [3.8, 4) is 0 Å². The van der Waals surface area contributed by atoms with Crippen molar-refractivity contribution >= 4 is 6.09 Å². The van der Waals surface area contributed by atoms with Crippen LogP contribution in [-0.2, 0) is 11.8 Å². The number of aromatic nitrogens is 2. The molecule has 0 aliphatic heterocycles. The fraction of sp³-hybridized carbons (Fsp3) is 0.750. The minimum Gasteiger partial charge on any atom is -0.444 e. The van der Waals surface area contributed by atoms with Gasteiger partial charge in [0.1, 0.15) is 5.60 Å². The number of amides is 1. The molecule has 6 nitrogen and oxygen atoms in total. The van der Waals surface area contributed by atoms with E-state index in [1.807, 2.05) is 52.5 Å². The van der Waals surface area contributed by atoms with Gasteiger partial charge < -0.3 is 15.4 Å². The fourth-order valence-electron chi connectivity index (χ4n) is 2.24. The van der Waals surface area contributed by atoms with E-state index >= 15 is 0 Å². The van der Waals surface area contributed by atoms with Crippen molar-refractivity contribution in [2.24, 2.45) is 7.05 Å². The highest BCUT2D eigenvalue weighted by atomic mass is 16.6. The van der Waals surface area contributed by atoms with Crippen molar-refractivity contribution in [1.82, 2.24) is 20.4 Å². The minimum absolute atomic E-state index is 0.0364. The number of nitrogens with one attached hydrogen (secondary N) is 2. The lowest BCUT2D eigenvalue weighted by molar-refractivity contribution is 0.0502. The smallest absolute Gasteiger partial charge is 0.407 e. The standard InChI is InChI=1S/C16H30N4O2/c1-8-13(18-15(21)22-16(4,5)6)9-17-11(2)14-10-20(7)19-12(14)3/h10-11,13,17H,8-9H2,1-7H3,(H,18,21). The molecule has 0 radical (unpaired) electrons. The fourth-order valence-corrected chi connectivity index (χ4v) is 2.24. The number of carbonyl (C=O) groups excluding carboxylic acids is 1. The van der Waals surface area contributed by atoms with Gasteiger partial charge in [0.15, 0.2) is 0 Å². The van der Waals surface area contributed by atoms with Gasteiger partial charge in [0, 0.05) is 37.4 Å². The average molecular weight is 310 g/mol. The van der Waals surface area contributed by atoms with Crippen LogP contribution in [0.3, 0.4) is 0 Å². The highest BCUT2D eigenvalue weighted by molar-refractivity contribution is 5.68. The molecule has 1 rings (SSSR count). The van der Waals surface area contributed by atoms with Gasteiger partial charge in [0.2, 0.25) is 0 Å². The Morgan fingerprint density at radius 3 is 2.55 bits per heavy atom. The molecule has 22 heavy (non-hydrogen) atoms. The summed E-state index contributed by atoms with van der Waals surface area (Å²) in [6, 6.07) is 0.220. The second-order valence-electron chi connectivity index (χ2n) is 6.72. The van der Waals surface area contributed by atoms with E-state index in [9.17, 15) is 4.79 Å². The molecular formula is C16H30N4O2. The Bertz CT molecular complexity index is 491. The zero-order chi connectivity index (χ0) is 16.9. The van der Waals surface area contributed by atoms with Gasteiger partial charge in [0.05, 0.1) is 5.69 Å². The summed E-state index contributed by atoms with van der Waals surface area (Å²) < 4.78 is 7.11. The molecule has 1 heterocycles. The van der Waals surface area contributed by atoms with Crippen LogP contribution in [0.5, 0.6) is 0 Å². The zero-order valence-corrected chi connectivity index (χ0v) is 14.9. The van der Waals surface area contributed by atoms with E-state index in [1.54, 1.807) is 0 Å². The topological polar surface area (TPSA) is 68.2 Å². The number of rotatable bonds is 6. The van der Waals surface area contributed by atoms with Crippen LogP contribution < -0.4 is 10.6 Å². The minimum atomic E-state index is -0.476. The molecule has 0 bridgehead atoms. The molecule has 0 aromatic carbocycles. The summed E-state index contributed by atoms with van der Waals surface area (Å²) in [6.07, 6.45) is 2.49. The van der Waals surface area contributed by atoms with Gasteiger partial charge in [-0.25, -0.2) is 4.79 Å². The number of nitrogens with zero attached hydrogens (tertiary/aromatic N) is 2. The Morgan fingerprint density at radius 1 is 1.45 bits per heavy atom. The zero-order valence-electron chi connectivity index (χ0n) is 14.9. The molecule has 6 heteroatoms. The quantitative estimate of drug-likeness (QED) is 0.847. The lowest BCUT2D eigenvalue weighted by Crippen LogP contribution is -2.44. The highest BCUT2D eigenvalue weighted by Gasteiger charge is 2.19. The average Bonchev–Trinajstić information content (AvgIpc) is 2.71. The van der Waals surface area contributed by atoms with Crippen molar-refractivity contribution in [1.29, 1.82) is 0 Å². The van der Waals surface area contributed by atoms with Crippen LogP contribution in [0.15, 0.2) is 6.20 Å². The van der Waals surface area contributed by atoms with E-state index in [4.69, 9.17) is 4.74 Å². The maximum atomic E-state index is 11.8. The molecule has 1 aromatic heterocycles. The molecular weight excluding hydrogens is 280 g/mol. The van der Waals surface area contributed by atoms with E-state index in [0.717, 1.165) is 12.1 Å². The lowest BCUT2D eigenvalue weighted by Gasteiger charge is -2.24. The van der Waals surface area contributed by atoms with Crippen LogP contribution in [0.2, 0.25) is 0 Å². The molecule has 0 saturated heterocycles. The highest BCUT2D eigenvalue weighted by Crippen LogP contribution is 2.15. The molecule has 0 fully saturated rings. The van der Waals surface area contributed by atoms with Gasteiger partial charge in [-0.15, -0.1) is 0 Å². The third kappa shape index (κ3) is 6.05. The van der Waals surface area contributed by atoms with Crippen molar-refractivity contribution in [3.63, 3.8) is 0 Å². The predicted octanol–water partition coefficient (Wildman–Crippen LogP) is 2.68. The van der Waals surface area contributed by atoms with E-state index in [1.165, 1.54) is 5.56 Å². The van der Waals surface area contributed by atoms with Gasteiger partial charge in [-0.3, -0.25) is 4.68 Å². The molecule has 2 atom stereocenters. The molecule has 2 N–H and O–H groups in total. The second kappa shape index (κ2) is 7.63. The van der Waals surface area contributed by atoms with Crippen LogP contribution >= 0.6 is 0 Å². The number of ether oxygens (including phenoxy) is 1. The van der Waals surface area contributed by atoms with Crippen LogP contribution in [0, 0.1) is 6.92 Å². The molecule has 2 unspecified atom stereocenters. The summed E-state index contributed by atoms with van der Waals surface area (Å²) in [4.78, 5) is 11.8.